The van der Waals surface area contributed by atoms with Crippen molar-refractivity contribution in [2.45, 2.75) is 19.3 Å². The molecule has 0 saturated carbocycles. The summed E-state index contributed by atoms with van der Waals surface area (Å²) in [5, 5.41) is 0. The lowest BCUT2D eigenvalue weighted by Gasteiger charge is -2.08. The molecule has 0 radical (unpaired) electrons. The van der Waals surface area contributed by atoms with Crippen LogP contribution in [0.5, 0.6) is 0 Å². The summed E-state index contributed by atoms with van der Waals surface area (Å²) in [4.78, 5) is 0. The molecule has 2 heteroatoms. The van der Waals surface area contributed by atoms with Crippen molar-refractivity contribution in [3.8, 4) is 0 Å². The molecule has 1 atom stereocenters. The fourth-order valence-corrected chi connectivity index (χ4v) is 1.46. The van der Waals surface area contributed by atoms with Crippen molar-refractivity contribution >= 4 is 0 Å². The van der Waals surface area contributed by atoms with Crippen molar-refractivity contribution < 1.29 is 4.74 Å². The van der Waals surface area contributed by atoms with Crippen molar-refractivity contribution in [1.82, 2.24) is 0 Å². The maximum absolute atomic E-state index is 5.41. The molecule has 1 fully saturated rings. The van der Waals surface area contributed by atoms with Crippen LogP contribution in [0.2, 0.25) is 0 Å². The molecule has 1 aliphatic rings. The molecule has 0 bridgehead atoms. The quantitative estimate of drug-likeness (QED) is 0.621. The van der Waals surface area contributed by atoms with E-state index in [2.05, 4.69) is 6.58 Å². The first-order valence-electron chi connectivity index (χ1n) is 4.27. The van der Waals surface area contributed by atoms with Crippen molar-refractivity contribution in [2.24, 2.45) is 11.7 Å². The largest absolute Gasteiger partial charge is 0.381 e. The van der Waals surface area contributed by atoms with Gasteiger partial charge in [0, 0.05) is 13.2 Å². The van der Waals surface area contributed by atoms with Gasteiger partial charge in [0.1, 0.15) is 0 Å². The van der Waals surface area contributed by atoms with E-state index in [4.69, 9.17) is 10.5 Å². The number of nitrogens with two attached hydrogens (primary N) is 1. The third-order valence-electron chi connectivity index (χ3n) is 2.10. The topological polar surface area (TPSA) is 35.2 Å². The van der Waals surface area contributed by atoms with Crippen LogP contribution in [0.1, 0.15) is 19.3 Å². The minimum Gasteiger partial charge on any atom is -0.381 e. The lowest BCUT2D eigenvalue weighted by molar-refractivity contribution is 0.185. The van der Waals surface area contributed by atoms with Crippen LogP contribution in [0.3, 0.4) is 0 Å². The first-order chi connectivity index (χ1) is 5.33. The van der Waals surface area contributed by atoms with Gasteiger partial charge < -0.3 is 10.5 Å². The molecular formula is C9H17NO. The SMILES string of the molecule is C=C(CCN)CC1CCOC1. The highest BCUT2D eigenvalue weighted by atomic mass is 16.5. The van der Waals surface area contributed by atoms with Gasteiger partial charge in [-0.1, -0.05) is 12.2 Å². The van der Waals surface area contributed by atoms with E-state index in [0.717, 1.165) is 32.6 Å². The van der Waals surface area contributed by atoms with Gasteiger partial charge in [-0.05, 0) is 31.7 Å². The van der Waals surface area contributed by atoms with Crippen molar-refractivity contribution in [3.63, 3.8) is 0 Å². The highest BCUT2D eigenvalue weighted by Gasteiger charge is 2.15. The molecule has 1 rings (SSSR count). The molecule has 1 heterocycles. The van der Waals surface area contributed by atoms with E-state index in [1.54, 1.807) is 0 Å². The summed E-state index contributed by atoms with van der Waals surface area (Å²) in [5.74, 6) is 0.717. The van der Waals surface area contributed by atoms with Gasteiger partial charge in [0.25, 0.3) is 0 Å². The zero-order chi connectivity index (χ0) is 8.10. The highest BCUT2D eigenvalue weighted by Crippen LogP contribution is 2.20. The summed E-state index contributed by atoms with van der Waals surface area (Å²) in [6.07, 6.45) is 3.28. The van der Waals surface area contributed by atoms with Crippen LogP contribution in [-0.4, -0.2) is 19.8 Å². The monoisotopic (exact) mass is 155 g/mol. The normalized spacial score (nSPS) is 23.9. The summed E-state index contributed by atoms with van der Waals surface area (Å²) in [6, 6.07) is 0. The van der Waals surface area contributed by atoms with E-state index in [1.165, 1.54) is 12.0 Å². The predicted molar refractivity (Wildman–Crippen MR) is 46.4 cm³/mol. The summed E-state index contributed by atoms with van der Waals surface area (Å²) in [7, 11) is 0. The van der Waals surface area contributed by atoms with Crippen LogP contribution in [-0.2, 0) is 4.74 Å². The molecule has 0 spiro atoms. The minimum absolute atomic E-state index is 0.717. The highest BCUT2D eigenvalue weighted by molar-refractivity contribution is 4.96. The molecule has 0 aliphatic carbocycles. The van der Waals surface area contributed by atoms with E-state index in [0.29, 0.717) is 5.92 Å². The maximum atomic E-state index is 5.41. The van der Waals surface area contributed by atoms with Gasteiger partial charge in [0.15, 0.2) is 0 Å². The van der Waals surface area contributed by atoms with E-state index in [9.17, 15) is 0 Å². The lowest BCUT2D eigenvalue weighted by Crippen LogP contribution is -2.04. The average Bonchev–Trinajstić information content (AvgIpc) is 2.40. The van der Waals surface area contributed by atoms with Gasteiger partial charge in [-0.3, -0.25) is 0 Å². The van der Waals surface area contributed by atoms with Crippen molar-refractivity contribution in [1.29, 1.82) is 0 Å². The lowest BCUT2D eigenvalue weighted by atomic mass is 9.98. The van der Waals surface area contributed by atoms with Crippen LogP contribution in [0, 0.1) is 5.92 Å². The molecule has 64 valence electrons. The second-order valence-corrected chi connectivity index (χ2v) is 3.22. The van der Waals surface area contributed by atoms with Crippen LogP contribution in [0.4, 0.5) is 0 Å². The molecule has 0 aromatic carbocycles. The first-order valence-corrected chi connectivity index (χ1v) is 4.27. The average molecular weight is 155 g/mol. The van der Waals surface area contributed by atoms with Crippen LogP contribution in [0.15, 0.2) is 12.2 Å². The molecule has 1 aliphatic heterocycles. The van der Waals surface area contributed by atoms with Gasteiger partial charge in [-0.15, -0.1) is 0 Å². The van der Waals surface area contributed by atoms with E-state index >= 15 is 0 Å². The molecule has 2 nitrogen and oxygen atoms in total. The fraction of sp³-hybridized carbons (Fsp3) is 0.778. The van der Waals surface area contributed by atoms with Crippen LogP contribution in [0.25, 0.3) is 0 Å². The Morgan fingerprint density at radius 3 is 3.00 bits per heavy atom. The van der Waals surface area contributed by atoms with Gasteiger partial charge in [0.2, 0.25) is 0 Å². The third-order valence-corrected chi connectivity index (χ3v) is 2.10. The summed E-state index contributed by atoms with van der Waals surface area (Å²) >= 11 is 0. The third kappa shape index (κ3) is 3.04. The first kappa shape index (κ1) is 8.75. The van der Waals surface area contributed by atoms with Crippen LogP contribution >= 0.6 is 0 Å². The summed E-state index contributed by atoms with van der Waals surface area (Å²) < 4.78 is 5.26. The minimum atomic E-state index is 0.717. The number of hydrogen-bond acceptors (Lipinski definition) is 2. The molecule has 1 unspecified atom stereocenters. The number of ether oxygens (including phenoxy) is 1. The van der Waals surface area contributed by atoms with E-state index < -0.39 is 0 Å². The molecule has 11 heavy (non-hydrogen) atoms. The van der Waals surface area contributed by atoms with Crippen LogP contribution < -0.4 is 5.73 Å². The summed E-state index contributed by atoms with van der Waals surface area (Å²) in [5.41, 5.74) is 6.69. The smallest absolute Gasteiger partial charge is 0.0498 e. The second-order valence-electron chi connectivity index (χ2n) is 3.22. The summed E-state index contributed by atoms with van der Waals surface area (Å²) in [6.45, 7) is 6.55. The Hall–Kier alpha value is -0.340. The van der Waals surface area contributed by atoms with Gasteiger partial charge in [-0.25, -0.2) is 0 Å². The van der Waals surface area contributed by atoms with E-state index in [-0.39, 0.29) is 0 Å². The predicted octanol–water partition coefficient (Wildman–Crippen LogP) is 1.32. The molecule has 0 amide bonds. The van der Waals surface area contributed by atoms with Gasteiger partial charge in [0.05, 0.1) is 0 Å². The fourth-order valence-electron chi connectivity index (χ4n) is 1.46. The van der Waals surface area contributed by atoms with Gasteiger partial charge in [-0.2, -0.15) is 0 Å². The standard InChI is InChI=1S/C9H17NO/c1-8(2-4-10)6-9-3-5-11-7-9/h9H,1-7,10H2. The Morgan fingerprint density at radius 1 is 1.64 bits per heavy atom. The number of hydrogen-bond donors (Lipinski definition) is 1. The molecule has 2 N–H and O–H groups in total. The van der Waals surface area contributed by atoms with Gasteiger partial charge >= 0.3 is 0 Å². The molecule has 1 saturated heterocycles. The molecular weight excluding hydrogens is 138 g/mol. The Balaban J connectivity index is 2.13. The number of rotatable bonds is 4. The molecule has 0 aromatic heterocycles. The Bertz CT molecular complexity index is 128. The zero-order valence-corrected chi connectivity index (χ0v) is 7.01. The second kappa shape index (κ2) is 4.52. The zero-order valence-electron chi connectivity index (χ0n) is 7.01. The van der Waals surface area contributed by atoms with Crippen molar-refractivity contribution in [3.05, 3.63) is 12.2 Å². The Kier molecular flexibility index (Phi) is 3.60. The van der Waals surface area contributed by atoms with E-state index in [1.807, 2.05) is 0 Å². The molecule has 0 aromatic rings. The van der Waals surface area contributed by atoms with Crippen molar-refractivity contribution in [2.75, 3.05) is 19.8 Å². The maximum Gasteiger partial charge on any atom is 0.0498 e. The Morgan fingerprint density at radius 2 is 2.45 bits per heavy atom. The Labute approximate surface area is 68.4 Å².